The van der Waals surface area contributed by atoms with Crippen molar-refractivity contribution in [2.75, 3.05) is 19.8 Å². The summed E-state index contributed by atoms with van der Waals surface area (Å²) in [4.78, 5) is 0. The highest BCUT2D eigenvalue weighted by Gasteiger charge is 2.29. The van der Waals surface area contributed by atoms with Crippen molar-refractivity contribution in [3.05, 3.63) is 29.0 Å². The molecule has 2 rings (SSSR count). The second-order valence-corrected chi connectivity index (χ2v) is 4.29. The van der Waals surface area contributed by atoms with Gasteiger partial charge in [0.1, 0.15) is 18.2 Å². The van der Waals surface area contributed by atoms with Gasteiger partial charge in [-0.2, -0.15) is 0 Å². The minimum atomic E-state index is -0.611. The van der Waals surface area contributed by atoms with Crippen LogP contribution in [0.1, 0.15) is 6.92 Å². The molecule has 1 aromatic rings. The third-order valence-electron chi connectivity index (χ3n) is 2.35. The predicted octanol–water partition coefficient (Wildman–Crippen LogP) is 2.19. The summed E-state index contributed by atoms with van der Waals surface area (Å²) >= 11 is 5.88. The number of ether oxygens (including phenoxy) is 2. The summed E-state index contributed by atoms with van der Waals surface area (Å²) in [6.45, 7) is 3.68. The monoisotopic (exact) mass is 245 g/mol. The molecule has 1 aliphatic rings. The fourth-order valence-corrected chi connectivity index (χ4v) is 1.78. The number of nitrogens with one attached hydrogen (secondary N) is 1. The van der Waals surface area contributed by atoms with E-state index >= 15 is 0 Å². The Bertz CT molecular complexity index is 380. The topological polar surface area (TPSA) is 30.5 Å². The average molecular weight is 246 g/mol. The zero-order valence-corrected chi connectivity index (χ0v) is 9.68. The van der Waals surface area contributed by atoms with Crippen molar-refractivity contribution in [3.8, 4) is 5.75 Å². The molecular formula is C11H13ClFNO2. The van der Waals surface area contributed by atoms with Gasteiger partial charge in [0.25, 0.3) is 0 Å². The molecule has 1 saturated heterocycles. The second-order valence-electron chi connectivity index (χ2n) is 3.89. The highest BCUT2D eigenvalue weighted by Crippen LogP contribution is 2.28. The minimum absolute atomic E-state index is 0.258. The van der Waals surface area contributed by atoms with Crippen LogP contribution >= 0.6 is 11.6 Å². The first-order valence-corrected chi connectivity index (χ1v) is 5.44. The van der Waals surface area contributed by atoms with E-state index in [0.717, 1.165) is 6.54 Å². The van der Waals surface area contributed by atoms with Crippen LogP contribution in [-0.2, 0) is 4.74 Å². The minimum Gasteiger partial charge on any atom is -0.469 e. The molecule has 1 atom stereocenters. The first kappa shape index (κ1) is 11.6. The zero-order valence-electron chi connectivity index (χ0n) is 8.93. The maximum atomic E-state index is 12.8. The van der Waals surface area contributed by atoms with Crippen LogP contribution < -0.4 is 10.1 Å². The number of rotatable bonds is 2. The van der Waals surface area contributed by atoms with Crippen molar-refractivity contribution in [1.82, 2.24) is 5.32 Å². The first-order chi connectivity index (χ1) is 7.59. The molecule has 0 saturated carbocycles. The van der Waals surface area contributed by atoms with Crippen LogP contribution in [0.3, 0.4) is 0 Å². The smallest absolute Gasteiger partial charge is 0.181 e. The van der Waals surface area contributed by atoms with Gasteiger partial charge in [0, 0.05) is 6.54 Å². The molecule has 1 fully saturated rings. The molecule has 1 aliphatic heterocycles. The lowest BCUT2D eigenvalue weighted by atomic mass is 10.2. The third kappa shape index (κ3) is 2.64. The summed E-state index contributed by atoms with van der Waals surface area (Å²) in [5.74, 6) is 0.0684. The van der Waals surface area contributed by atoms with Gasteiger partial charge in [-0.05, 0) is 25.1 Å². The summed E-state index contributed by atoms with van der Waals surface area (Å²) in [6, 6.07) is 4.05. The lowest BCUT2D eigenvalue weighted by Gasteiger charge is -2.35. The molecular weight excluding hydrogens is 233 g/mol. The molecule has 5 heteroatoms. The normalized spacial score (nSPS) is 25.4. The third-order valence-corrected chi connectivity index (χ3v) is 2.65. The summed E-state index contributed by atoms with van der Waals surface area (Å²) in [5.41, 5.74) is -0.611. The number of hydrogen-bond donors (Lipinski definition) is 1. The van der Waals surface area contributed by atoms with E-state index in [0.29, 0.717) is 19.0 Å². The molecule has 1 heterocycles. The van der Waals surface area contributed by atoms with Crippen LogP contribution in [0.25, 0.3) is 0 Å². The fourth-order valence-electron chi connectivity index (χ4n) is 1.57. The molecule has 1 N–H and O–H groups in total. The molecule has 1 aromatic carbocycles. The first-order valence-electron chi connectivity index (χ1n) is 5.06. The van der Waals surface area contributed by atoms with E-state index < -0.39 is 5.72 Å². The maximum Gasteiger partial charge on any atom is 0.181 e. The fraction of sp³-hybridized carbons (Fsp3) is 0.455. The second kappa shape index (κ2) is 4.57. The van der Waals surface area contributed by atoms with Crippen molar-refractivity contribution in [3.63, 3.8) is 0 Å². The van der Waals surface area contributed by atoms with Gasteiger partial charge in [-0.3, -0.25) is 5.32 Å². The van der Waals surface area contributed by atoms with Gasteiger partial charge in [0.2, 0.25) is 0 Å². The van der Waals surface area contributed by atoms with Crippen molar-refractivity contribution < 1.29 is 13.9 Å². The Morgan fingerprint density at radius 3 is 3.00 bits per heavy atom. The number of halogens is 2. The summed E-state index contributed by atoms with van der Waals surface area (Å²) in [7, 11) is 0. The van der Waals surface area contributed by atoms with Gasteiger partial charge < -0.3 is 9.47 Å². The van der Waals surface area contributed by atoms with Gasteiger partial charge >= 0.3 is 0 Å². The molecule has 1 unspecified atom stereocenters. The van der Waals surface area contributed by atoms with Crippen LogP contribution in [0.2, 0.25) is 5.02 Å². The molecule has 0 spiro atoms. The quantitative estimate of drug-likeness (QED) is 0.867. The van der Waals surface area contributed by atoms with Crippen LogP contribution in [0.5, 0.6) is 5.75 Å². The van der Waals surface area contributed by atoms with Crippen molar-refractivity contribution in [2.45, 2.75) is 12.6 Å². The van der Waals surface area contributed by atoms with Crippen molar-refractivity contribution >= 4 is 11.6 Å². The van der Waals surface area contributed by atoms with E-state index in [2.05, 4.69) is 5.32 Å². The van der Waals surface area contributed by atoms with Gasteiger partial charge in [0.15, 0.2) is 5.72 Å². The summed E-state index contributed by atoms with van der Waals surface area (Å²) in [5, 5.41) is 3.44. The number of hydrogen-bond acceptors (Lipinski definition) is 3. The van der Waals surface area contributed by atoms with E-state index in [9.17, 15) is 4.39 Å². The lowest BCUT2D eigenvalue weighted by Crippen LogP contribution is -2.56. The highest BCUT2D eigenvalue weighted by atomic mass is 35.5. The molecule has 16 heavy (non-hydrogen) atoms. The largest absolute Gasteiger partial charge is 0.469 e. The zero-order chi connectivity index (χ0) is 11.6. The number of morpholine rings is 1. The van der Waals surface area contributed by atoms with Gasteiger partial charge in [0.05, 0.1) is 11.6 Å². The highest BCUT2D eigenvalue weighted by molar-refractivity contribution is 6.32. The summed E-state index contributed by atoms with van der Waals surface area (Å²) < 4.78 is 23.9. The predicted molar refractivity (Wildman–Crippen MR) is 59.3 cm³/mol. The summed E-state index contributed by atoms with van der Waals surface area (Å²) in [6.07, 6.45) is 0. The van der Waals surface area contributed by atoms with Gasteiger partial charge in [-0.25, -0.2) is 4.39 Å². The Labute approximate surface area is 98.5 Å². The molecule has 0 radical (unpaired) electrons. The average Bonchev–Trinajstić information content (AvgIpc) is 2.23. The van der Waals surface area contributed by atoms with Crippen LogP contribution in [0.15, 0.2) is 18.2 Å². The van der Waals surface area contributed by atoms with Crippen LogP contribution in [-0.4, -0.2) is 25.5 Å². The van der Waals surface area contributed by atoms with Gasteiger partial charge in [-0.1, -0.05) is 11.6 Å². The lowest BCUT2D eigenvalue weighted by molar-refractivity contribution is -0.0701. The molecule has 0 bridgehead atoms. The van der Waals surface area contributed by atoms with Crippen LogP contribution in [0.4, 0.5) is 4.39 Å². The standard InChI is InChI=1S/C11H13ClFNO2/c1-11(7-15-5-4-14-11)16-10-3-2-8(13)6-9(10)12/h2-3,6,14H,4-5,7H2,1H3. The SMILES string of the molecule is CC1(Oc2ccc(F)cc2Cl)COCCN1. The Morgan fingerprint density at radius 1 is 1.56 bits per heavy atom. The van der Waals surface area contributed by atoms with Gasteiger partial charge in [-0.15, -0.1) is 0 Å². The van der Waals surface area contributed by atoms with E-state index in [1.54, 1.807) is 0 Å². The van der Waals surface area contributed by atoms with Crippen LogP contribution in [0, 0.1) is 5.82 Å². The maximum absolute atomic E-state index is 12.8. The van der Waals surface area contributed by atoms with Crippen molar-refractivity contribution in [1.29, 1.82) is 0 Å². The van der Waals surface area contributed by atoms with E-state index in [4.69, 9.17) is 21.1 Å². The molecule has 0 amide bonds. The Morgan fingerprint density at radius 2 is 2.38 bits per heavy atom. The van der Waals surface area contributed by atoms with E-state index in [-0.39, 0.29) is 10.8 Å². The van der Waals surface area contributed by atoms with E-state index in [1.165, 1.54) is 18.2 Å². The van der Waals surface area contributed by atoms with Crippen molar-refractivity contribution in [2.24, 2.45) is 0 Å². The Kier molecular flexibility index (Phi) is 3.33. The molecule has 0 aromatic heterocycles. The Hall–Kier alpha value is -0.840. The molecule has 0 aliphatic carbocycles. The Balaban J connectivity index is 2.13. The molecule has 88 valence electrons. The molecule has 3 nitrogen and oxygen atoms in total. The van der Waals surface area contributed by atoms with E-state index in [1.807, 2.05) is 6.92 Å². The number of benzene rings is 1.